The Balaban J connectivity index is 1.65. The number of furan rings is 1. The van der Waals surface area contributed by atoms with Crippen molar-refractivity contribution in [3.63, 3.8) is 0 Å². The molecule has 2 saturated heterocycles. The molecule has 0 amide bonds. The topological polar surface area (TPSA) is 108 Å². The van der Waals surface area contributed by atoms with Crippen molar-refractivity contribution in [2.45, 2.75) is 90.2 Å². The summed E-state index contributed by atoms with van der Waals surface area (Å²) in [4.78, 5) is 24.3. The zero-order valence-corrected chi connectivity index (χ0v) is 19.2. The van der Waals surface area contributed by atoms with Crippen molar-refractivity contribution < 1.29 is 38.1 Å². The quantitative estimate of drug-likeness (QED) is 0.555. The lowest BCUT2D eigenvalue weighted by atomic mass is 9.42. The van der Waals surface area contributed by atoms with Crippen LogP contribution in [-0.4, -0.2) is 47.2 Å². The molecule has 3 heterocycles. The minimum Gasteiger partial charge on any atom is -0.472 e. The first-order valence-corrected chi connectivity index (χ1v) is 11.4. The summed E-state index contributed by atoms with van der Waals surface area (Å²) in [6.07, 6.45) is 2.63. The number of carbonyl (C=O) groups excluding carboxylic acids is 2. The molecule has 32 heavy (non-hydrogen) atoms. The molecule has 2 aliphatic heterocycles. The smallest absolute Gasteiger partial charge is 0.303 e. The second-order valence-corrected chi connectivity index (χ2v) is 10.4. The maximum atomic E-state index is 12.2. The van der Waals surface area contributed by atoms with Gasteiger partial charge in [-0.1, -0.05) is 13.8 Å². The average Bonchev–Trinajstić information content (AvgIpc) is 3.06. The van der Waals surface area contributed by atoms with E-state index in [4.69, 9.17) is 23.4 Å². The van der Waals surface area contributed by atoms with E-state index >= 15 is 0 Å². The molecule has 8 nitrogen and oxygen atoms in total. The molecular formula is C24H32O8. The highest BCUT2D eigenvalue weighted by atomic mass is 16.6. The monoisotopic (exact) mass is 448 g/mol. The van der Waals surface area contributed by atoms with E-state index in [0.717, 1.165) is 18.4 Å². The van der Waals surface area contributed by atoms with Crippen LogP contribution in [0.3, 0.4) is 0 Å². The van der Waals surface area contributed by atoms with Gasteiger partial charge >= 0.3 is 11.9 Å². The van der Waals surface area contributed by atoms with Crippen LogP contribution in [0.2, 0.25) is 0 Å². The van der Waals surface area contributed by atoms with E-state index in [1.165, 1.54) is 13.8 Å². The van der Waals surface area contributed by atoms with Gasteiger partial charge in [-0.3, -0.25) is 9.59 Å². The Bertz CT molecular complexity index is 913. The molecular weight excluding hydrogens is 416 g/mol. The van der Waals surface area contributed by atoms with E-state index in [2.05, 4.69) is 6.92 Å². The second kappa shape index (κ2) is 7.05. The van der Waals surface area contributed by atoms with Crippen LogP contribution in [-0.2, 0) is 28.5 Å². The van der Waals surface area contributed by atoms with E-state index in [1.54, 1.807) is 12.5 Å². The Labute approximate surface area is 187 Å². The van der Waals surface area contributed by atoms with Crippen molar-refractivity contribution >= 4 is 11.9 Å². The fourth-order valence-corrected chi connectivity index (χ4v) is 7.42. The van der Waals surface area contributed by atoms with E-state index in [1.807, 2.05) is 19.9 Å². The van der Waals surface area contributed by atoms with Gasteiger partial charge in [0.25, 0.3) is 0 Å². The maximum absolute atomic E-state index is 12.2. The number of aliphatic hydroxyl groups excluding tert-OH is 1. The zero-order valence-electron chi connectivity index (χ0n) is 19.2. The van der Waals surface area contributed by atoms with Crippen molar-refractivity contribution in [1.82, 2.24) is 0 Å². The van der Waals surface area contributed by atoms with Gasteiger partial charge in [0, 0.05) is 36.2 Å². The molecule has 176 valence electrons. The van der Waals surface area contributed by atoms with Crippen molar-refractivity contribution in [1.29, 1.82) is 0 Å². The van der Waals surface area contributed by atoms with Gasteiger partial charge in [-0.05, 0) is 38.2 Å². The second-order valence-electron chi connectivity index (χ2n) is 10.4. The number of epoxide rings is 1. The molecule has 5 rings (SSSR count). The Hall–Kier alpha value is -1.90. The van der Waals surface area contributed by atoms with Crippen molar-refractivity contribution in [2.75, 3.05) is 0 Å². The van der Waals surface area contributed by atoms with Crippen LogP contribution in [0.1, 0.15) is 65.5 Å². The summed E-state index contributed by atoms with van der Waals surface area (Å²) < 4.78 is 29.3. The van der Waals surface area contributed by atoms with Crippen molar-refractivity contribution in [3.8, 4) is 0 Å². The Morgan fingerprint density at radius 2 is 1.88 bits per heavy atom. The van der Waals surface area contributed by atoms with Gasteiger partial charge in [0.1, 0.15) is 17.8 Å². The molecule has 0 radical (unpaired) electrons. The lowest BCUT2D eigenvalue weighted by molar-refractivity contribution is -0.278. The van der Waals surface area contributed by atoms with E-state index < -0.39 is 46.9 Å². The molecule has 0 bridgehead atoms. The summed E-state index contributed by atoms with van der Waals surface area (Å²) in [5, 5.41) is 11.5. The summed E-state index contributed by atoms with van der Waals surface area (Å²) in [6.45, 7) is 8.80. The van der Waals surface area contributed by atoms with Crippen LogP contribution in [0.4, 0.5) is 0 Å². The van der Waals surface area contributed by atoms with Gasteiger partial charge in [-0.15, -0.1) is 0 Å². The number of aliphatic hydroxyl groups is 1. The van der Waals surface area contributed by atoms with Crippen LogP contribution in [0.25, 0.3) is 0 Å². The largest absolute Gasteiger partial charge is 0.472 e. The zero-order chi connectivity index (χ0) is 23.1. The summed E-state index contributed by atoms with van der Waals surface area (Å²) in [5.41, 5.74) is -1.07. The Kier molecular flexibility index (Phi) is 4.83. The van der Waals surface area contributed by atoms with Gasteiger partial charge in [0.2, 0.25) is 0 Å². The SMILES string of the molecule is CC(=O)O[C@H]1[C@@H](C)[C@]2(C[C@H](c3ccoc3)O[C@@H]2O)[C@H]2CC[C@H]3O[C@@]3(C)[C@]2(C)[C@H]1OC(C)=O. The first kappa shape index (κ1) is 21.9. The minimum atomic E-state index is -1.07. The fraction of sp³-hybridized carbons (Fsp3) is 0.750. The van der Waals surface area contributed by atoms with E-state index in [0.29, 0.717) is 6.42 Å². The molecule has 4 fully saturated rings. The Morgan fingerprint density at radius 3 is 2.50 bits per heavy atom. The molecule has 1 spiro atoms. The number of hydrogen-bond donors (Lipinski definition) is 1. The molecule has 8 heteroatoms. The van der Waals surface area contributed by atoms with Gasteiger partial charge < -0.3 is 28.5 Å². The van der Waals surface area contributed by atoms with Gasteiger partial charge in [-0.2, -0.15) is 0 Å². The normalized spacial score (nSPS) is 49.2. The molecule has 0 unspecified atom stereocenters. The van der Waals surface area contributed by atoms with Crippen LogP contribution in [0.5, 0.6) is 0 Å². The highest BCUT2D eigenvalue weighted by molar-refractivity contribution is 5.67. The first-order chi connectivity index (χ1) is 15.1. The fourth-order valence-electron chi connectivity index (χ4n) is 7.42. The van der Waals surface area contributed by atoms with E-state index in [9.17, 15) is 14.7 Å². The standard InChI is InChI=1S/C24H32O8/c1-12-19(29-13(2)25)20(30-14(3)26)22(4)17(6-7-18-23(22,5)32-18)24(12)10-16(31-21(24)27)15-8-9-28-11-15/h8-9,11-12,16-21,27H,6-7,10H2,1-5H3/t12-,16-,17+,18-,19+,20+,21+,22+,23-,24-/m1/s1. The molecule has 4 aliphatic rings. The first-order valence-electron chi connectivity index (χ1n) is 11.4. The number of fused-ring (bicyclic) bond motifs is 4. The minimum absolute atomic E-state index is 0.0503. The molecule has 1 aromatic heterocycles. The molecule has 2 saturated carbocycles. The summed E-state index contributed by atoms with van der Waals surface area (Å²) >= 11 is 0. The van der Waals surface area contributed by atoms with Crippen molar-refractivity contribution in [2.24, 2.45) is 22.7 Å². The van der Waals surface area contributed by atoms with Gasteiger partial charge in [0.15, 0.2) is 6.29 Å². The third kappa shape index (κ3) is 2.72. The number of ether oxygens (including phenoxy) is 4. The molecule has 0 aromatic carbocycles. The third-order valence-corrected chi connectivity index (χ3v) is 9.14. The summed E-state index contributed by atoms with van der Waals surface area (Å²) in [7, 11) is 0. The predicted octanol–water partition coefficient (Wildman–Crippen LogP) is 3.13. The number of esters is 2. The highest BCUT2D eigenvalue weighted by Crippen LogP contribution is 2.73. The predicted molar refractivity (Wildman–Crippen MR) is 110 cm³/mol. The average molecular weight is 449 g/mol. The number of carbonyl (C=O) groups is 2. The molecule has 10 atom stereocenters. The third-order valence-electron chi connectivity index (χ3n) is 9.14. The molecule has 1 aromatic rings. The highest BCUT2D eigenvalue weighted by Gasteiger charge is 2.80. The maximum Gasteiger partial charge on any atom is 0.303 e. The van der Waals surface area contributed by atoms with Crippen LogP contribution in [0, 0.1) is 22.7 Å². The Morgan fingerprint density at radius 1 is 1.16 bits per heavy atom. The lowest BCUT2D eigenvalue weighted by Gasteiger charge is -2.63. The van der Waals surface area contributed by atoms with Gasteiger partial charge in [-0.25, -0.2) is 0 Å². The lowest BCUT2D eigenvalue weighted by Crippen LogP contribution is -2.71. The molecule has 1 N–H and O–H groups in total. The van der Waals surface area contributed by atoms with Crippen LogP contribution >= 0.6 is 0 Å². The summed E-state index contributed by atoms with van der Waals surface area (Å²) in [6, 6.07) is 1.84. The number of hydrogen-bond acceptors (Lipinski definition) is 8. The van der Waals surface area contributed by atoms with Crippen molar-refractivity contribution in [3.05, 3.63) is 24.2 Å². The summed E-state index contributed by atoms with van der Waals surface area (Å²) in [5.74, 6) is -1.28. The number of rotatable bonds is 3. The van der Waals surface area contributed by atoms with Crippen LogP contribution in [0.15, 0.2) is 23.0 Å². The van der Waals surface area contributed by atoms with Crippen LogP contribution < -0.4 is 0 Å². The van der Waals surface area contributed by atoms with E-state index in [-0.39, 0.29) is 24.0 Å². The molecule has 2 aliphatic carbocycles. The van der Waals surface area contributed by atoms with Gasteiger partial charge in [0.05, 0.1) is 24.7 Å².